The lowest BCUT2D eigenvalue weighted by atomic mass is 10.3. The number of anilines is 2. The monoisotopic (exact) mass is 352 g/mol. The Bertz CT molecular complexity index is 1040. The zero-order valence-electron chi connectivity index (χ0n) is 21.5. The average Bonchev–Trinajstić information content (AvgIpc) is 2.71. The molecule has 6 heteroatoms. The van der Waals surface area contributed by atoms with Crippen LogP contribution in [0.15, 0.2) is 58.1 Å². The summed E-state index contributed by atoms with van der Waals surface area (Å²) in [5.74, 6) is -1.10. The number of hydrogen-bond donors (Lipinski definition) is 0. The van der Waals surface area contributed by atoms with Crippen molar-refractivity contribution in [3.05, 3.63) is 48.3 Å². The van der Waals surface area contributed by atoms with Crippen LogP contribution in [-0.2, 0) is 20.4 Å². The Kier molecular flexibility index (Phi) is 3.00. The van der Waals surface area contributed by atoms with Crippen molar-refractivity contribution in [1.82, 2.24) is 0 Å². The SMILES string of the molecule is [2H]c1c([2H])c(S(=O)c2c([2H])c([2H])c(N(C)C(C)=O)c([2H])c2[2H])c([2H])c([2H])c1N(C)C(C)=O. The first kappa shape index (κ1) is 9.74. The van der Waals surface area contributed by atoms with E-state index >= 15 is 0 Å². The Morgan fingerprint density at radius 2 is 1.08 bits per heavy atom. The number of amides is 2. The van der Waals surface area contributed by atoms with E-state index in [1.165, 1.54) is 27.9 Å². The second-order valence-electron chi connectivity index (χ2n) is 4.78. The van der Waals surface area contributed by atoms with Crippen LogP contribution in [0.5, 0.6) is 0 Å². The van der Waals surface area contributed by atoms with Gasteiger partial charge in [-0.25, -0.2) is 4.21 Å². The summed E-state index contributed by atoms with van der Waals surface area (Å²) in [4.78, 5) is 23.9. The van der Waals surface area contributed by atoms with Gasteiger partial charge in [-0.15, -0.1) is 0 Å². The van der Waals surface area contributed by atoms with Gasteiger partial charge in [-0.1, -0.05) is 0 Å². The van der Waals surface area contributed by atoms with Crippen LogP contribution < -0.4 is 9.80 Å². The van der Waals surface area contributed by atoms with Gasteiger partial charge in [-0.05, 0) is 48.3 Å². The van der Waals surface area contributed by atoms with E-state index in [4.69, 9.17) is 11.0 Å². The molecule has 0 radical (unpaired) electrons. The topological polar surface area (TPSA) is 57.7 Å². The van der Waals surface area contributed by atoms with Gasteiger partial charge in [0.05, 0.1) is 21.8 Å². The number of rotatable bonds is 4. The second-order valence-corrected chi connectivity index (χ2v) is 6.13. The lowest BCUT2D eigenvalue weighted by Gasteiger charge is -2.16. The van der Waals surface area contributed by atoms with Crippen LogP contribution in [0.25, 0.3) is 0 Å². The van der Waals surface area contributed by atoms with Crippen molar-refractivity contribution in [3.63, 3.8) is 0 Å². The maximum absolute atomic E-state index is 13.3. The highest BCUT2D eigenvalue weighted by molar-refractivity contribution is 7.85. The van der Waals surface area contributed by atoms with E-state index in [-0.39, 0.29) is 11.4 Å². The molecule has 0 spiro atoms. The molecule has 0 heterocycles. The van der Waals surface area contributed by atoms with Crippen LogP contribution in [0.2, 0.25) is 0 Å². The Labute approximate surface area is 155 Å². The molecule has 126 valence electrons. The largest absolute Gasteiger partial charge is 0.316 e. The third-order valence-electron chi connectivity index (χ3n) is 3.16. The standard InChI is InChI=1S/C18H20N2O3S/c1-13(21)19(3)15-5-9-17(10-6-15)24(23)18-11-7-16(8-12-18)20(4)14(2)22/h5-12H,1-4H3/i5D,6D,7D,8D,9D,10D,11D,12D. The molecule has 0 saturated heterocycles. The predicted molar refractivity (Wildman–Crippen MR) is 95.7 cm³/mol. The fourth-order valence-corrected chi connectivity index (χ4v) is 2.31. The zero-order valence-corrected chi connectivity index (χ0v) is 14.3. The third kappa shape index (κ3) is 3.89. The minimum Gasteiger partial charge on any atom is -0.316 e. The molecule has 0 atom stereocenters. The van der Waals surface area contributed by atoms with Crippen molar-refractivity contribution in [3.8, 4) is 0 Å². The van der Waals surface area contributed by atoms with Gasteiger partial charge in [0.25, 0.3) is 0 Å². The lowest BCUT2D eigenvalue weighted by Crippen LogP contribution is -2.22. The van der Waals surface area contributed by atoms with E-state index in [2.05, 4.69) is 0 Å². The molecule has 0 N–H and O–H groups in total. The highest BCUT2D eigenvalue weighted by Crippen LogP contribution is 2.22. The molecule has 0 aromatic heterocycles. The molecule has 2 aromatic rings. The van der Waals surface area contributed by atoms with Crippen LogP contribution >= 0.6 is 0 Å². The van der Waals surface area contributed by atoms with Gasteiger partial charge in [-0.3, -0.25) is 9.59 Å². The molecule has 24 heavy (non-hydrogen) atoms. The first-order valence-corrected chi connectivity index (χ1v) is 7.92. The number of benzene rings is 2. The average molecular weight is 352 g/mol. The minimum atomic E-state index is -2.64. The molecule has 2 rings (SSSR count). The van der Waals surface area contributed by atoms with Gasteiger partial charge in [-0.2, -0.15) is 0 Å². The summed E-state index contributed by atoms with van der Waals surface area (Å²) in [6.07, 6.45) is 0. The number of hydrogen-bond acceptors (Lipinski definition) is 3. The van der Waals surface area contributed by atoms with Gasteiger partial charge in [0, 0.05) is 49.1 Å². The lowest BCUT2D eigenvalue weighted by molar-refractivity contribution is -0.117. The van der Waals surface area contributed by atoms with E-state index in [0.29, 0.717) is 0 Å². The van der Waals surface area contributed by atoms with Crippen LogP contribution in [0.1, 0.15) is 24.8 Å². The smallest absolute Gasteiger partial charge is 0.223 e. The number of carbonyl (C=O) groups is 2. The van der Waals surface area contributed by atoms with Crippen LogP contribution in [0.4, 0.5) is 11.4 Å². The summed E-state index contributed by atoms with van der Waals surface area (Å²) in [7, 11) is -0.116. The molecule has 0 fully saturated rings. The molecular weight excluding hydrogens is 324 g/mol. The molecule has 0 aliphatic heterocycles. The van der Waals surface area contributed by atoms with Crippen molar-refractivity contribution in [1.29, 1.82) is 0 Å². The van der Waals surface area contributed by atoms with Gasteiger partial charge in [0.15, 0.2) is 0 Å². The molecule has 2 amide bonds. The Hall–Kier alpha value is -2.47. The first-order chi connectivity index (χ1) is 14.7. The van der Waals surface area contributed by atoms with Crippen molar-refractivity contribution in [2.75, 3.05) is 23.9 Å². The predicted octanol–water partition coefficient (Wildman–Crippen LogP) is 2.82. The summed E-state index contributed by atoms with van der Waals surface area (Å²) in [5.41, 5.74) is -0.655. The maximum atomic E-state index is 13.3. The fourth-order valence-electron chi connectivity index (χ4n) is 1.53. The minimum absolute atomic E-state index is 0.328. The van der Waals surface area contributed by atoms with E-state index in [9.17, 15) is 13.8 Å². The van der Waals surface area contributed by atoms with E-state index < -0.39 is 80.7 Å². The van der Waals surface area contributed by atoms with Gasteiger partial charge in [0.2, 0.25) is 11.8 Å². The quantitative estimate of drug-likeness (QED) is 0.850. The molecule has 0 saturated carbocycles. The summed E-state index contributed by atoms with van der Waals surface area (Å²) >= 11 is 0. The van der Waals surface area contributed by atoms with E-state index in [1.807, 2.05) is 0 Å². The molecule has 0 aliphatic carbocycles. The highest BCUT2D eigenvalue weighted by Gasteiger charge is 2.11. The van der Waals surface area contributed by atoms with Crippen LogP contribution in [0.3, 0.4) is 0 Å². The van der Waals surface area contributed by atoms with Crippen molar-refractivity contribution in [2.45, 2.75) is 23.6 Å². The highest BCUT2D eigenvalue weighted by atomic mass is 32.2. The van der Waals surface area contributed by atoms with Crippen LogP contribution in [-0.4, -0.2) is 30.1 Å². The summed E-state index contributed by atoms with van der Waals surface area (Å²) < 4.78 is 78.8. The van der Waals surface area contributed by atoms with Crippen molar-refractivity contribution >= 4 is 34.0 Å². The van der Waals surface area contributed by atoms with E-state index in [1.54, 1.807) is 0 Å². The van der Waals surface area contributed by atoms with Crippen molar-refractivity contribution < 1.29 is 24.8 Å². The Balaban J connectivity index is 2.85. The Morgan fingerprint density at radius 1 is 0.792 bits per heavy atom. The zero-order chi connectivity index (χ0) is 24.8. The Morgan fingerprint density at radius 3 is 1.33 bits per heavy atom. The van der Waals surface area contributed by atoms with E-state index in [0.717, 1.165) is 9.80 Å². The van der Waals surface area contributed by atoms with Crippen LogP contribution in [0, 0.1) is 0 Å². The molecule has 0 aliphatic rings. The third-order valence-corrected chi connectivity index (χ3v) is 4.31. The second kappa shape index (κ2) is 7.40. The first-order valence-electron chi connectivity index (χ1n) is 10.8. The maximum Gasteiger partial charge on any atom is 0.223 e. The molecule has 0 bridgehead atoms. The summed E-state index contributed by atoms with van der Waals surface area (Å²) in [6, 6.07) is -5.54. The van der Waals surface area contributed by atoms with Gasteiger partial charge in [0.1, 0.15) is 0 Å². The van der Waals surface area contributed by atoms with Crippen molar-refractivity contribution in [2.24, 2.45) is 0 Å². The number of carbonyl (C=O) groups excluding carboxylic acids is 2. The number of nitrogens with zero attached hydrogens (tertiary/aromatic N) is 2. The summed E-state index contributed by atoms with van der Waals surface area (Å²) in [6.45, 7) is 2.34. The normalized spacial score (nSPS) is 15.2. The molecule has 0 unspecified atom stereocenters. The van der Waals surface area contributed by atoms with Gasteiger partial charge >= 0.3 is 0 Å². The van der Waals surface area contributed by atoms with Gasteiger partial charge < -0.3 is 9.80 Å². The summed E-state index contributed by atoms with van der Waals surface area (Å²) in [5, 5.41) is 0. The molecule has 2 aromatic carbocycles. The molecule has 5 nitrogen and oxygen atoms in total. The molecular formula is C18H20N2O3S. The fraction of sp³-hybridized carbons (Fsp3) is 0.222.